The summed E-state index contributed by atoms with van der Waals surface area (Å²) in [6.07, 6.45) is 1.87. The maximum atomic E-state index is 12.2. The number of amidine groups is 1. The Bertz CT molecular complexity index is 650. The first-order chi connectivity index (χ1) is 11.7. The van der Waals surface area contributed by atoms with Gasteiger partial charge in [0.2, 0.25) is 0 Å². The highest BCUT2D eigenvalue weighted by molar-refractivity contribution is 8.18. The highest BCUT2D eigenvalue weighted by atomic mass is 32.2. The van der Waals surface area contributed by atoms with Crippen LogP contribution in [-0.2, 0) is 4.79 Å². The summed E-state index contributed by atoms with van der Waals surface area (Å²) in [5.74, 6) is 0.615. The van der Waals surface area contributed by atoms with Crippen molar-refractivity contribution in [2.75, 3.05) is 46.4 Å². The SMILES string of the molecule is COc1ccc(C=C2SC(N3CCN(CCO)CC3)=NC2=O)cc1. The van der Waals surface area contributed by atoms with Crippen molar-refractivity contribution in [3.63, 3.8) is 0 Å². The van der Waals surface area contributed by atoms with E-state index in [1.165, 1.54) is 11.8 Å². The zero-order valence-corrected chi connectivity index (χ0v) is 14.5. The van der Waals surface area contributed by atoms with E-state index in [9.17, 15) is 4.79 Å². The molecule has 6 nitrogen and oxygen atoms in total. The van der Waals surface area contributed by atoms with E-state index in [0.717, 1.165) is 42.7 Å². The Hall–Kier alpha value is -1.83. The minimum Gasteiger partial charge on any atom is -0.497 e. The first-order valence-electron chi connectivity index (χ1n) is 7.94. The molecule has 0 radical (unpaired) electrons. The van der Waals surface area contributed by atoms with Crippen molar-refractivity contribution in [3.05, 3.63) is 34.7 Å². The number of carbonyl (C=O) groups excluding carboxylic acids is 1. The van der Waals surface area contributed by atoms with Gasteiger partial charge < -0.3 is 14.7 Å². The van der Waals surface area contributed by atoms with Crippen molar-refractivity contribution >= 4 is 28.9 Å². The molecule has 1 fully saturated rings. The number of carbonyl (C=O) groups is 1. The van der Waals surface area contributed by atoms with Crippen molar-refractivity contribution in [1.82, 2.24) is 9.80 Å². The number of amides is 1. The van der Waals surface area contributed by atoms with Crippen LogP contribution >= 0.6 is 11.8 Å². The lowest BCUT2D eigenvalue weighted by Gasteiger charge is -2.34. The number of nitrogens with zero attached hydrogens (tertiary/aromatic N) is 3. The summed E-state index contributed by atoms with van der Waals surface area (Å²) in [5.41, 5.74) is 0.955. The Morgan fingerprint density at radius 1 is 1.25 bits per heavy atom. The molecule has 1 aromatic carbocycles. The minimum absolute atomic E-state index is 0.177. The molecular formula is C17H21N3O3S. The fourth-order valence-electron chi connectivity index (χ4n) is 2.69. The van der Waals surface area contributed by atoms with E-state index in [1.807, 2.05) is 30.3 Å². The van der Waals surface area contributed by atoms with E-state index in [1.54, 1.807) is 7.11 Å². The second-order valence-corrected chi connectivity index (χ2v) is 6.64. The average molecular weight is 347 g/mol. The van der Waals surface area contributed by atoms with Crippen LogP contribution in [0.4, 0.5) is 0 Å². The monoisotopic (exact) mass is 347 g/mol. The Kier molecular flexibility index (Phi) is 5.55. The number of β-amino-alcohol motifs (C(OH)–C–C–N with tert-alkyl or cyclic N) is 1. The summed E-state index contributed by atoms with van der Waals surface area (Å²) < 4.78 is 5.14. The van der Waals surface area contributed by atoms with E-state index >= 15 is 0 Å². The molecule has 1 N–H and O–H groups in total. The molecule has 0 aliphatic carbocycles. The number of thioether (sulfide) groups is 1. The van der Waals surface area contributed by atoms with Gasteiger partial charge in [-0.25, -0.2) is 0 Å². The summed E-state index contributed by atoms with van der Waals surface area (Å²) in [7, 11) is 1.63. The van der Waals surface area contributed by atoms with Gasteiger partial charge in [-0.2, -0.15) is 4.99 Å². The summed E-state index contributed by atoms with van der Waals surface area (Å²) in [6, 6.07) is 7.59. The molecule has 1 aromatic rings. The van der Waals surface area contributed by atoms with E-state index in [-0.39, 0.29) is 12.5 Å². The first-order valence-corrected chi connectivity index (χ1v) is 8.76. The molecule has 0 unspecified atom stereocenters. The van der Waals surface area contributed by atoms with Crippen molar-refractivity contribution in [2.45, 2.75) is 0 Å². The molecule has 1 amide bonds. The molecule has 0 atom stereocenters. The van der Waals surface area contributed by atoms with Gasteiger partial charge in [0, 0.05) is 32.7 Å². The normalized spacial score (nSPS) is 20.6. The number of hydrogen-bond donors (Lipinski definition) is 1. The van der Waals surface area contributed by atoms with Crippen molar-refractivity contribution in [2.24, 2.45) is 4.99 Å². The number of aliphatic hydroxyl groups excluding tert-OH is 1. The number of benzene rings is 1. The number of aliphatic hydroxyl groups is 1. The van der Waals surface area contributed by atoms with Gasteiger partial charge in [0.15, 0.2) is 5.17 Å². The number of aliphatic imine (C=N–C) groups is 1. The minimum atomic E-state index is -0.177. The van der Waals surface area contributed by atoms with E-state index < -0.39 is 0 Å². The second-order valence-electron chi connectivity index (χ2n) is 5.64. The zero-order chi connectivity index (χ0) is 16.9. The van der Waals surface area contributed by atoms with Crippen LogP contribution in [0.1, 0.15) is 5.56 Å². The van der Waals surface area contributed by atoms with E-state index in [2.05, 4.69) is 14.8 Å². The van der Waals surface area contributed by atoms with Crippen LogP contribution in [0.25, 0.3) is 6.08 Å². The van der Waals surface area contributed by atoms with E-state index in [4.69, 9.17) is 9.84 Å². The second kappa shape index (κ2) is 7.83. The number of piperazine rings is 1. The molecule has 3 rings (SSSR count). The predicted octanol–water partition coefficient (Wildman–Crippen LogP) is 1.28. The lowest BCUT2D eigenvalue weighted by Crippen LogP contribution is -2.48. The Morgan fingerprint density at radius 2 is 1.96 bits per heavy atom. The van der Waals surface area contributed by atoms with Gasteiger partial charge in [-0.1, -0.05) is 12.1 Å². The molecule has 0 saturated carbocycles. The molecule has 2 aliphatic rings. The molecule has 2 heterocycles. The van der Waals surface area contributed by atoms with Crippen molar-refractivity contribution in [1.29, 1.82) is 0 Å². The summed E-state index contributed by atoms with van der Waals surface area (Å²) in [6.45, 7) is 4.31. The van der Waals surface area contributed by atoms with Crippen LogP contribution in [0.15, 0.2) is 34.2 Å². The van der Waals surface area contributed by atoms with Crippen LogP contribution in [0.2, 0.25) is 0 Å². The molecule has 7 heteroatoms. The number of ether oxygens (including phenoxy) is 1. The lowest BCUT2D eigenvalue weighted by molar-refractivity contribution is -0.113. The van der Waals surface area contributed by atoms with Gasteiger partial charge in [0.25, 0.3) is 5.91 Å². The Labute approximate surface area is 145 Å². The first kappa shape index (κ1) is 17.0. The van der Waals surface area contributed by atoms with Crippen molar-refractivity contribution < 1.29 is 14.6 Å². The summed E-state index contributed by atoms with van der Waals surface area (Å²) in [4.78, 5) is 21.4. The maximum Gasteiger partial charge on any atom is 0.286 e. The third kappa shape index (κ3) is 3.98. The van der Waals surface area contributed by atoms with Gasteiger partial charge in [0.05, 0.1) is 18.6 Å². The molecule has 128 valence electrons. The smallest absolute Gasteiger partial charge is 0.286 e. The van der Waals surface area contributed by atoms with Crippen LogP contribution in [-0.4, -0.2) is 72.4 Å². The van der Waals surface area contributed by atoms with Crippen LogP contribution < -0.4 is 4.74 Å². The topological polar surface area (TPSA) is 65.4 Å². The number of hydrogen-bond acceptors (Lipinski definition) is 6. The zero-order valence-electron chi connectivity index (χ0n) is 13.6. The highest BCUT2D eigenvalue weighted by Gasteiger charge is 2.28. The van der Waals surface area contributed by atoms with Crippen molar-refractivity contribution in [3.8, 4) is 5.75 Å². The quantitative estimate of drug-likeness (QED) is 0.828. The van der Waals surface area contributed by atoms with Gasteiger partial charge in [-0.05, 0) is 35.5 Å². The molecule has 2 aliphatic heterocycles. The van der Waals surface area contributed by atoms with Gasteiger partial charge >= 0.3 is 0 Å². The highest BCUT2D eigenvalue weighted by Crippen LogP contribution is 2.30. The van der Waals surface area contributed by atoms with Gasteiger partial charge in [-0.15, -0.1) is 0 Å². The average Bonchev–Trinajstić information content (AvgIpc) is 2.97. The fraction of sp³-hybridized carbons (Fsp3) is 0.412. The Morgan fingerprint density at radius 3 is 2.58 bits per heavy atom. The van der Waals surface area contributed by atoms with Crippen LogP contribution in [0.5, 0.6) is 5.75 Å². The molecular weight excluding hydrogens is 326 g/mol. The summed E-state index contributed by atoms with van der Waals surface area (Å²) >= 11 is 1.43. The fourth-order valence-corrected chi connectivity index (χ4v) is 3.65. The molecule has 0 aromatic heterocycles. The predicted molar refractivity (Wildman–Crippen MR) is 96.1 cm³/mol. The standard InChI is InChI=1S/C17H21N3O3S/c1-23-14-4-2-13(3-5-14)12-15-16(22)18-17(24-15)20-8-6-19(7-9-20)10-11-21/h2-5,12,21H,6-11H2,1H3. The lowest BCUT2D eigenvalue weighted by atomic mass is 10.2. The van der Waals surface area contributed by atoms with Crippen LogP contribution in [0, 0.1) is 0 Å². The summed E-state index contributed by atoms with van der Waals surface area (Å²) in [5, 5.41) is 9.78. The molecule has 24 heavy (non-hydrogen) atoms. The molecule has 0 bridgehead atoms. The Balaban J connectivity index is 1.62. The largest absolute Gasteiger partial charge is 0.497 e. The van der Waals surface area contributed by atoms with Gasteiger partial charge in [-0.3, -0.25) is 9.69 Å². The third-order valence-corrected chi connectivity index (χ3v) is 5.13. The van der Waals surface area contributed by atoms with Gasteiger partial charge in [0.1, 0.15) is 5.75 Å². The van der Waals surface area contributed by atoms with Crippen LogP contribution in [0.3, 0.4) is 0 Å². The molecule has 1 saturated heterocycles. The number of methoxy groups -OCH3 is 1. The maximum absolute atomic E-state index is 12.2. The third-order valence-electron chi connectivity index (χ3n) is 4.08. The number of rotatable bonds is 4. The molecule has 0 spiro atoms. The van der Waals surface area contributed by atoms with E-state index in [0.29, 0.717) is 11.4 Å².